The van der Waals surface area contributed by atoms with Gasteiger partial charge in [0.2, 0.25) is 0 Å². The first kappa shape index (κ1) is 19.2. The van der Waals surface area contributed by atoms with Gasteiger partial charge < -0.3 is 4.90 Å². The van der Waals surface area contributed by atoms with Crippen LogP contribution >= 0.6 is 0 Å². The quantitative estimate of drug-likeness (QED) is 0.686. The van der Waals surface area contributed by atoms with Crippen molar-refractivity contribution in [3.8, 4) is 0 Å². The lowest BCUT2D eigenvalue weighted by Gasteiger charge is -2.25. The Balaban J connectivity index is 1.59. The first-order valence-corrected chi connectivity index (χ1v) is 9.94. The number of carbonyl (C=O) groups excluding carboxylic acids is 1. The summed E-state index contributed by atoms with van der Waals surface area (Å²) >= 11 is 0. The Morgan fingerprint density at radius 1 is 1.14 bits per heavy atom. The number of rotatable bonds is 3. The maximum absolute atomic E-state index is 13.1. The molecule has 7 heteroatoms. The molecule has 3 aromatic rings. The van der Waals surface area contributed by atoms with Gasteiger partial charge in [0.15, 0.2) is 0 Å². The van der Waals surface area contributed by atoms with Crippen molar-refractivity contribution in [3.05, 3.63) is 64.3 Å². The standard InChI is InChI=1S/C22H25N5O2/c1-22(2,3)19-10-11-20(28)27(25-19)14-15-7-6-12-26(15)21(29)18-13-23-16-8-4-5-9-17(16)24-18/h4-5,8-11,13,15H,6-7,12,14H2,1-3H3. The van der Waals surface area contributed by atoms with E-state index in [1.165, 1.54) is 10.9 Å². The van der Waals surface area contributed by atoms with Crippen LogP contribution in [0.4, 0.5) is 0 Å². The minimum Gasteiger partial charge on any atom is -0.332 e. The van der Waals surface area contributed by atoms with Gasteiger partial charge in [0.05, 0.1) is 35.5 Å². The minimum absolute atomic E-state index is 0.0869. The summed E-state index contributed by atoms with van der Waals surface area (Å²) in [6.07, 6.45) is 3.26. The molecule has 4 rings (SSSR count). The molecule has 1 amide bonds. The molecular weight excluding hydrogens is 366 g/mol. The Morgan fingerprint density at radius 3 is 2.66 bits per heavy atom. The molecular formula is C22H25N5O2. The molecule has 150 valence electrons. The van der Waals surface area contributed by atoms with Gasteiger partial charge in [-0.05, 0) is 31.0 Å². The monoisotopic (exact) mass is 391 g/mol. The third-order valence-corrected chi connectivity index (χ3v) is 5.32. The third-order valence-electron chi connectivity index (χ3n) is 5.32. The Labute approximate surface area is 169 Å². The van der Waals surface area contributed by atoms with Crippen LogP contribution in [0.15, 0.2) is 47.4 Å². The average molecular weight is 391 g/mol. The molecule has 1 aliphatic rings. The van der Waals surface area contributed by atoms with Crippen LogP contribution in [0.25, 0.3) is 11.0 Å². The number of carbonyl (C=O) groups is 1. The number of para-hydroxylation sites is 2. The summed E-state index contributed by atoms with van der Waals surface area (Å²) in [5.74, 6) is -0.147. The van der Waals surface area contributed by atoms with E-state index in [9.17, 15) is 9.59 Å². The number of benzene rings is 1. The number of fused-ring (bicyclic) bond motifs is 1. The second-order valence-electron chi connectivity index (χ2n) is 8.53. The predicted octanol–water partition coefficient (Wildman–Crippen LogP) is 2.79. The molecule has 3 heterocycles. The molecule has 0 saturated carbocycles. The molecule has 0 radical (unpaired) electrons. The summed E-state index contributed by atoms with van der Waals surface area (Å²) in [4.78, 5) is 36.1. The zero-order valence-corrected chi connectivity index (χ0v) is 17.0. The minimum atomic E-state index is -0.151. The number of amides is 1. The molecule has 1 unspecified atom stereocenters. The van der Waals surface area contributed by atoms with Gasteiger partial charge in [-0.1, -0.05) is 32.9 Å². The van der Waals surface area contributed by atoms with Gasteiger partial charge in [0.1, 0.15) is 5.69 Å². The molecule has 0 spiro atoms. The van der Waals surface area contributed by atoms with E-state index in [1.54, 1.807) is 17.0 Å². The highest BCUT2D eigenvalue weighted by molar-refractivity contribution is 5.94. The van der Waals surface area contributed by atoms with E-state index >= 15 is 0 Å². The first-order chi connectivity index (χ1) is 13.8. The molecule has 1 saturated heterocycles. The molecule has 7 nitrogen and oxygen atoms in total. The summed E-state index contributed by atoms with van der Waals surface area (Å²) in [5.41, 5.74) is 2.35. The molecule has 0 aliphatic carbocycles. The van der Waals surface area contributed by atoms with Gasteiger partial charge in [0, 0.05) is 18.0 Å². The van der Waals surface area contributed by atoms with Gasteiger partial charge in [-0.25, -0.2) is 9.67 Å². The topological polar surface area (TPSA) is 81.0 Å². The number of hydrogen-bond acceptors (Lipinski definition) is 5. The lowest BCUT2D eigenvalue weighted by Crippen LogP contribution is -2.41. The maximum atomic E-state index is 13.1. The van der Waals surface area contributed by atoms with Gasteiger partial charge in [-0.3, -0.25) is 14.6 Å². The van der Waals surface area contributed by atoms with Crippen molar-refractivity contribution in [2.24, 2.45) is 0 Å². The highest BCUT2D eigenvalue weighted by Crippen LogP contribution is 2.22. The molecule has 2 aromatic heterocycles. The normalized spacial score (nSPS) is 17.1. The van der Waals surface area contributed by atoms with Crippen LogP contribution < -0.4 is 5.56 Å². The van der Waals surface area contributed by atoms with Gasteiger partial charge in [0.25, 0.3) is 11.5 Å². The highest BCUT2D eigenvalue weighted by Gasteiger charge is 2.31. The lowest BCUT2D eigenvalue weighted by molar-refractivity contribution is 0.0714. The summed E-state index contributed by atoms with van der Waals surface area (Å²) < 4.78 is 1.49. The second-order valence-corrected chi connectivity index (χ2v) is 8.53. The Kier molecular flexibility index (Phi) is 4.90. The van der Waals surface area contributed by atoms with E-state index in [1.807, 2.05) is 24.3 Å². The molecule has 1 aliphatic heterocycles. The lowest BCUT2D eigenvalue weighted by atomic mass is 9.92. The van der Waals surface area contributed by atoms with E-state index in [4.69, 9.17) is 0 Å². The summed E-state index contributed by atoms with van der Waals surface area (Å²) in [6.45, 7) is 7.22. The van der Waals surface area contributed by atoms with E-state index in [-0.39, 0.29) is 22.9 Å². The summed E-state index contributed by atoms with van der Waals surface area (Å²) in [5, 5.41) is 4.55. The van der Waals surface area contributed by atoms with Crippen molar-refractivity contribution in [2.75, 3.05) is 6.54 Å². The van der Waals surface area contributed by atoms with Crippen LogP contribution in [0.1, 0.15) is 49.8 Å². The van der Waals surface area contributed by atoms with Crippen molar-refractivity contribution < 1.29 is 4.79 Å². The van der Waals surface area contributed by atoms with Crippen LogP contribution in [0.3, 0.4) is 0 Å². The van der Waals surface area contributed by atoms with Gasteiger partial charge in [-0.2, -0.15) is 5.10 Å². The largest absolute Gasteiger partial charge is 0.332 e. The number of aromatic nitrogens is 4. The van der Waals surface area contributed by atoms with Crippen LogP contribution in [-0.2, 0) is 12.0 Å². The number of hydrogen-bond donors (Lipinski definition) is 0. The van der Waals surface area contributed by atoms with Crippen LogP contribution in [0.5, 0.6) is 0 Å². The molecule has 1 atom stereocenters. The van der Waals surface area contributed by atoms with Crippen molar-refractivity contribution in [3.63, 3.8) is 0 Å². The Morgan fingerprint density at radius 2 is 1.90 bits per heavy atom. The van der Waals surface area contributed by atoms with E-state index < -0.39 is 0 Å². The Hall–Kier alpha value is -3.09. The third kappa shape index (κ3) is 3.90. The van der Waals surface area contributed by atoms with Crippen LogP contribution in [-0.4, -0.2) is 43.1 Å². The van der Waals surface area contributed by atoms with Crippen molar-refractivity contribution >= 4 is 16.9 Å². The van der Waals surface area contributed by atoms with Gasteiger partial charge >= 0.3 is 0 Å². The fourth-order valence-corrected chi connectivity index (χ4v) is 3.68. The van der Waals surface area contributed by atoms with Crippen LogP contribution in [0, 0.1) is 0 Å². The summed E-state index contributed by atoms with van der Waals surface area (Å²) in [7, 11) is 0. The molecule has 0 bridgehead atoms. The van der Waals surface area contributed by atoms with E-state index in [2.05, 4.69) is 35.8 Å². The van der Waals surface area contributed by atoms with Crippen molar-refractivity contribution in [2.45, 2.75) is 51.6 Å². The zero-order valence-electron chi connectivity index (χ0n) is 17.0. The molecule has 0 N–H and O–H groups in total. The first-order valence-electron chi connectivity index (χ1n) is 9.94. The van der Waals surface area contributed by atoms with Crippen molar-refractivity contribution in [1.29, 1.82) is 0 Å². The molecule has 1 aromatic carbocycles. The highest BCUT2D eigenvalue weighted by atomic mass is 16.2. The van der Waals surface area contributed by atoms with Crippen LogP contribution in [0.2, 0.25) is 0 Å². The van der Waals surface area contributed by atoms with Crippen molar-refractivity contribution in [1.82, 2.24) is 24.6 Å². The number of likely N-dealkylation sites (tertiary alicyclic amines) is 1. The fraction of sp³-hybridized carbons (Fsp3) is 0.409. The average Bonchev–Trinajstić information content (AvgIpc) is 3.16. The SMILES string of the molecule is CC(C)(C)c1ccc(=O)n(CC2CCCN2C(=O)c2cnc3ccccc3n2)n1. The smallest absolute Gasteiger partial charge is 0.274 e. The summed E-state index contributed by atoms with van der Waals surface area (Å²) in [6, 6.07) is 10.7. The van der Waals surface area contributed by atoms with Gasteiger partial charge in [-0.15, -0.1) is 0 Å². The zero-order chi connectivity index (χ0) is 20.6. The maximum Gasteiger partial charge on any atom is 0.274 e. The molecule has 29 heavy (non-hydrogen) atoms. The predicted molar refractivity (Wildman–Crippen MR) is 111 cm³/mol. The second kappa shape index (κ2) is 7.39. The Bertz CT molecular complexity index is 1120. The number of nitrogens with zero attached hydrogens (tertiary/aromatic N) is 5. The fourth-order valence-electron chi connectivity index (χ4n) is 3.68. The van der Waals surface area contributed by atoms with E-state index in [0.717, 1.165) is 24.1 Å². The molecule has 1 fully saturated rings. The van der Waals surface area contributed by atoms with E-state index in [0.29, 0.717) is 24.3 Å².